The van der Waals surface area contributed by atoms with E-state index in [1.54, 1.807) is 31.2 Å². The average Bonchev–Trinajstić information content (AvgIpc) is 2.76. The highest BCUT2D eigenvalue weighted by Crippen LogP contribution is 2.21. The van der Waals surface area contributed by atoms with E-state index in [4.69, 9.17) is 10.5 Å². The number of aryl methyl sites for hydroxylation is 1. The largest absolute Gasteiger partial charge is 0.456 e. The molecule has 2 aromatic carbocycles. The number of nitrogens with two attached hydrogens (primary N) is 1. The second kappa shape index (κ2) is 11.5. The Balaban J connectivity index is 1.83. The summed E-state index contributed by atoms with van der Waals surface area (Å²) >= 11 is 0. The van der Waals surface area contributed by atoms with Gasteiger partial charge >= 0.3 is 12.0 Å². The summed E-state index contributed by atoms with van der Waals surface area (Å²) in [5, 5.41) is 6.53. The molecule has 0 aliphatic carbocycles. The van der Waals surface area contributed by atoms with E-state index in [9.17, 15) is 32.3 Å². The third-order valence-corrected chi connectivity index (χ3v) is 4.37. The minimum absolute atomic E-state index is 0.309. The highest BCUT2D eigenvalue weighted by atomic mass is 19.2. The molecule has 0 fully saturated rings. The topological polar surface area (TPSA) is 140 Å². The van der Waals surface area contributed by atoms with Gasteiger partial charge in [-0.3, -0.25) is 14.4 Å². The first kappa shape index (κ1) is 25.2. The molecule has 2 aromatic rings. The summed E-state index contributed by atoms with van der Waals surface area (Å²) in [6, 6.07) is 6.79. The Labute approximate surface area is 186 Å². The molecule has 0 aliphatic heterocycles. The van der Waals surface area contributed by atoms with Crippen molar-refractivity contribution >= 4 is 29.5 Å². The second-order valence-electron chi connectivity index (χ2n) is 6.83. The fourth-order valence-corrected chi connectivity index (χ4v) is 2.81. The number of hydrogen-bond donors (Lipinski definition) is 4. The normalized spacial score (nSPS) is 11.3. The lowest BCUT2D eigenvalue weighted by atomic mass is 9.99. The van der Waals surface area contributed by atoms with Crippen LogP contribution in [0.2, 0.25) is 0 Å². The molecule has 1 atom stereocenters. The van der Waals surface area contributed by atoms with Crippen molar-refractivity contribution in [3.63, 3.8) is 0 Å². The van der Waals surface area contributed by atoms with Gasteiger partial charge in [-0.25, -0.2) is 18.0 Å². The summed E-state index contributed by atoms with van der Waals surface area (Å²) in [5.41, 5.74) is 5.99. The molecule has 0 bridgehead atoms. The number of primary amides is 1. The van der Waals surface area contributed by atoms with E-state index in [1.165, 1.54) is 0 Å². The van der Waals surface area contributed by atoms with Crippen LogP contribution in [0.4, 0.5) is 23.7 Å². The van der Waals surface area contributed by atoms with Crippen LogP contribution >= 0.6 is 0 Å². The second-order valence-corrected chi connectivity index (χ2v) is 6.83. The highest BCUT2D eigenvalue weighted by Gasteiger charge is 2.21. The molecule has 5 N–H and O–H groups in total. The van der Waals surface area contributed by atoms with Crippen LogP contribution in [0.1, 0.15) is 23.6 Å². The van der Waals surface area contributed by atoms with Crippen LogP contribution in [0, 0.1) is 24.4 Å². The number of halogens is 3. The van der Waals surface area contributed by atoms with Gasteiger partial charge in [-0.05, 0) is 30.2 Å². The lowest BCUT2D eigenvalue weighted by molar-refractivity contribution is -0.149. The Morgan fingerprint density at radius 3 is 2.36 bits per heavy atom. The Morgan fingerprint density at radius 2 is 1.70 bits per heavy atom. The molecule has 4 amide bonds. The van der Waals surface area contributed by atoms with E-state index in [1.807, 2.05) is 5.32 Å². The zero-order chi connectivity index (χ0) is 24.5. The van der Waals surface area contributed by atoms with E-state index in [0.29, 0.717) is 11.6 Å². The Morgan fingerprint density at radius 1 is 1.00 bits per heavy atom. The van der Waals surface area contributed by atoms with Crippen molar-refractivity contribution in [3.05, 3.63) is 65.0 Å². The van der Waals surface area contributed by atoms with Crippen LogP contribution in [0.15, 0.2) is 36.4 Å². The Hall–Kier alpha value is -4.09. The van der Waals surface area contributed by atoms with Gasteiger partial charge in [0.2, 0.25) is 5.91 Å². The summed E-state index contributed by atoms with van der Waals surface area (Å²) in [4.78, 5) is 47.0. The van der Waals surface area contributed by atoms with Crippen molar-refractivity contribution < 1.29 is 37.1 Å². The number of carbonyl (C=O) groups is 4. The van der Waals surface area contributed by atoms with Gasteiger partial charge in [-0.15, -0.1) is 0 Å². The number of carbonyl (C=O) groups excluding carboxylic acids is 4. The molecule has 0 heterocycles. The minimum atomic E-state index is -1.75. The predicted molar refractivity (Wildman–Crippen MR) is 110 cm³/mol. The maximum absolute atomic E-state index is 13.6. The summed E-state index contributed by atoms with van der Waals surface area (Å²) in [5.74, 6) is -7.35. The number of ether oxygens (including phenoxy) is 1. The van der Waals surface area contributed by atoms with Gasteiger partial charge in [0.05, 0.1) is 24.7 Å². The van der Waals surface area contributed by atoms with Crippen molar-refractivity contribution in [1.82, 2.24) is 10.6 Å². The SMILES string of the molecule is Cc1ccccc1C(CC(=O)OCC(=O)NCC(=O)Nc1ccc(F)c(F)c1F)NC(N)=O. The van der Waals surface area contributed by atoms with Gasteiger partial charge in [-0.2, -0.15) is 0 Å². The number of nitrogens with one attached hydrogen (secondary N) is 3. The molecule has 0 spiro atoms. The van der Waals surface area contributed by atoms with Crippen LogP contribution in [-0.2, 0) is 19.1 Å². The first-order chi connectivity index (χ1) is 15.6. The van der Waals surface area contributed by atoms with Crippen molar-refractivity contribution in [2.24, 2.45) is 5.73 Å². The molecule has 9 nitrogen and oxygen atoms in total. The number of esters is 1. The summed E-state index contributed by atoms with van der Waals surface area (Å²) in [7, 11) is 0. The quantitative estimate of drug-likeness (QED) is 0.330. The van der Waals surface area contributed by atoms with E-state index in [-0.39, 0.29) is 6.42 Å². The average molecular weight is 466 g/mol. The lowest BCUT2D eigenvalue weighted by Gasteiger charge is -2.19. The third-order valence-electron chi connectivity index (χ3n) is 4.37. The van der Waals surface area contributed by atoms with E-state index >= 15 is 0 Å². The number of benzene rings is 2. The molecule has 12 heteroatoms. The summed E-state index contributed by atoms with van der Waals surface area (Å²) in [6.07, 6.45) is -0.309. The number of urea groups is 1. The Kier molecular flexibility index (Phi) is 8.78. The van der Waals surface area contributed by atoms with E-state index < -0.39 is 66.1 Å². The molecule has 0 aromatic heterocycles. The van der Waals surface area contributed by atoms with Crippen LogP contribution in [0.3, 0.4) is 0 Å². The van der Waals surface area contributed by atoms with Crippen LogP contribution in [0.5, 0.6) is 0 Å². The van der Waals surface area contributed by atoms with Crippen LogP contribution in [-0.4, -0.2) is 37.0 Å². The molecule has 0 saturated heterocycles. The molecule has 33 heavy (non-hydrogen) atoms. The highest BCUT2D eigenvalue weighted by molar-refractivity contribution is 5.95. The predicted octanol–water partition coefficient (Wildman–Crippen LogP) is 1.81. The monoisotopic (exact) mass is 466 g/mol. The van der Waals surface area contributed by atoms with Crippen molar-refractivity contribution in [2.75, 3.05) is 18.5 Å². The molecule has 0 saturated carbocycles. The van der Waals surface area contributed by atoms with Crippen molar-refractivity contribution in [1.29, 1.82) is 0 Å². The fourth-order valence-electron chi connectivity index (χ4n) is 2.81. The number of rotatable bonds is 9. The van der Waals surface area contributed by atoms with Gasteiger partial charge in [0.15, 0.2) is 24.1 Å². The van der Waals surface area contributed by atoms with Crippen molar-refractivity contribution in [3.8, 4) is 0 Å². The molecule has 2 rings (SSSR count). The van der Waals surface area contributed by atoms with Gasteiger partial charge in [0, 0.05) is 0 Å². The van der Waals surface area contributed by atoms with E-state index in [0.717, 1.165) is 11.6 Å². The Bertz CT molecular complexity index is 1060. The molecule has 176 valence electrons. The van der Waals surface area contributed by atoms with Crippen molar-refractivity contribution in [2.45, 2.75) is 19.4 Å². The van der Waals surface area contributed by atoms with Gasteiger partial charge < -0.3 is 26.4 Å². The maximum Gasteiger partial charge on any atom is 0.312 e. The van der Waals surface area contributed by atoms with E-state index in [2.05, 4.69) is 10.6 Å². The summed E-state index contributed by atoms with van der Waals surface area (Å²) < 4.78 is 44.5. The smallest absolute Gasteiger partial charge is 0.312 e. The zero-order valence-electron chi connectivity index (χ0n) is 17.4. The molecule has 0 radical (unpaired) electrons. The zero-order valence-corrected chi connectivity index (χ0v) is 17.4. The number of amides is 4. The molecule has 1 unspecified atom stereocenters. The first-order valence-corrected chi connectivity index (χ1v) is 9.55. The van der Waals surface area contributed by atoms with Crippen LogP contribution in [0.25, 0.3) is 0 Å². The van der Waals surface area contributed by atoms with Gasteiger partial charge in [-0.1, -0.05) is 24.3 Å². The summed E-state index contributed by atoms with van der Waals surface area (Å²) in [6.45, 7) is 0.396. The molecular weight excluding hydrogens is 445 g/mol. The van der Waals surface area contributed by atoms with Gasteiger partial charge in [0.1, 0.15) is 0 Å². The first-order valence-electron chi connectivity index (χ1n) is 9.55. The molecular formula is C21H21F3N4O5. The maximum atomic E-state index is 13.6. The fraction of sp³-hybridized carbons (Fsp3) is 0.238. The van der Waals surface area contributed by atoms with Crippen LogP contribution < -0.4 is 21.7 Å². The molecule has 0 aliphatic rings. The minimum Gasteiger partial charge on any atom is -0.456 e. The standard InChI is InChI=1S/C21H21F3N4O5/c1-11-4-2-3-5-12(11)15(28-21(25)32)8-18(31)33-10-17(30)26-9-16(29)27-14-7-6-13(22)19(23)20(14)24/h2-7,15H,8-10H2,1H3,(H,26,30)(H,27,29)(H3,25,28,32). The number of hydrogen-bond acceptors (Lipinski definition) is 5. The van der Waals surface area contributed by atoms with Gasteiger partial charge in [0.25, 0.3) is 5.91 Å². The third kappa shape index (κ3) is 7.52. The lowest BCUT2D eigenvalue weighted by Crippen LogP contribution is -2.37. The number of anilines is 1.